The quantitative estimate of drug-likeness (QED) is 0.136. The lowest BCUT2D eigenvalue weighted by atomic mass is 9.99. The number of nitrogens with zero attached hydrogens (tertiary/aromatic N) is 1. The van der Waals surface area contributed by atoms with Crippen molar-refractivity contribution >= 4 is 22.7 Å². The minimum absolute atomic E-state index is 0.758. The Kier molecular flexibility index (Phi) is 8.89. The van der Waals surface area contributed by atoms with Crippen molar-refractivity contribution in [1.82, 2.24) is 0 Å². The van der Waals surface area contributed by atoms with Gasteiger partial charge in [0, 0.05) is 5.57 Å². The molecule has 4 rings (SSSR count). The molecule has 0 atom stereocenters. The Morgan fingerprint density at radius 3 is 2.03 bits per heavy atom. The minimum Gasteiger partial charge on any atom is -0.457 e. The summed E-state index contributed by atoms with van der Waals surface area (Å²) < 4.78 is 6.13. The molecule has 38 heavy (non-hydrogen) atoms. The average molecular weight is 494 g/mol. The van der Waals surface area contributed by atoms with Crippen LogP contribution in [-0.2, 0) is 0 Å². The van der Waals surface area contributed by atoms with Crippen LogP contribution < -0.4 is 4.74 Å². The first-order chi connectivity index (χ1) is 18.6. The number of hydrogen-bond donors (Lipinski definition) is 0. The molecule has 0 N–H and O–H groups in total. The highest BCUT2D eigenvalue weighted by Gasteiger charge is 2.07. The lowest BCUT2D eigenvalue weighted by Gasteiger charge is -2.10. The van der Waals surface area contributed by atoms with Crippen molar-refractivity contribution < 1.29 is 4.74 Å². The van der Waals surface area contributed by atoms with Crippen LogP contribution in [0.15, 0.2) is 144 Å². The van der Waals surface area contributed by atoms with E-state index in [0.717, 1.165) is 50.6 Å². The van der Waals surface area contributed by atoms with Crippen LogP contribution >= 0.6 is 0 Å². The fraction of sp³-hybridized carbons (Fsp3) is 0.0833. The maximum Gasteiger partial charge on any atom is 0.127 e. The Labute approximate surface area is 226 Å². The van der Waals surface area contributed by atoms with E-state index in [1.54, 1.807) is 0 Å². The second kappa shape index (κ2) is 12.9. The summed E-state index contributed by atoms with van der Waals surface area (Å²) in [5.74, 6) is 4.81. The van der Waals surface area contributed by atoms with Gasteiger partial charge in [0.15, 0.2) is 0 Å². The molecule has 0 saturated heterocycles. The Bertz CT molecular complexity index is 1560. The average Bonchev–Trinajstić information content (AvgIpc) is 2.95. The molecule has 0 aliphatic carbocycles. The van der Waals surface area contributed by atoms with Gasteiger partial charge >= 0.3 is 0 Å². The van der Waals surface area contributed by atoms with Crippen LogP contribution in [0.25, 0.3) is 11.1 Å². The van der Waals surface area contributed by atoms with Gasteiger partial charge in [-0.2, -0.15) is 0 Å². The summed E-state index contributed by atoms with van der Waals surface area (Å²) in [7, 11) is 0. The molecule has 0 unspecified atom stereocenters. The fourth-order valence-corrected chi connectivity index (χ4v) is 4.03. The normalized spacial score (nSPS) is 11.0. The van der Waals surface area contributed by atoms with Gasteiger partial charge in [-0.1, -0.05) is 79.4 Å². The third-order valence-electron chi connectivity index (χ3n) is 5.99. The maximum absolute atomic E-state index is 6.13. The molecule has 0 radical (unpaired) electrons. The lowest BCUT2D eigenvalue weighted by molar-refractivity contribution is 0.482. The van der Waals surface area contributed by atoms with Crippen molar-refractivity contribution in [1.29, 1.82) is 0 Å². The highest BCUT2D eigenvalue weighted by atomic mass is 16.5. The van der Waals surface area contributed by atoms with Crippen molar-refractivity contribution in [2.45, 2.75) is 20.8 Å². The zero-order valence-electron chi connectivity index (χ0n) is 22.1. The number of aliphatic imine (C=N–C) groups is 1. The van der Waals surface area contributed by atoms with Crippen molar-refractivity contribution in [3.8, 4) is 11.5 Å². The third kappa shape index (κ3) is 6.87. The van der Waals surface area contributed by atoms with Crippen molar-refractivity contribution in [3.63, 3.8) is 0 Å². The van der Waals surface area contributed by atoms with Crippen LogP contribution in [0.4, 0.5) is 5.69 Å². The van der Waals surface area contributed by atoms with Crippen molar-refractivity contribution in [2.24, 2.45) is 4.99 Å². The maximum atomic E-state index is 6.13. The number of aryl methyl sites for hydroxylation is 1. The predicted octanol–water partition coefficient (Wildman–Crippen LogP) is 9.91. The molecular formula is C36H31NO. The molecule has 2 nitrogen and oxygen atoms in total. The van der Waals surface area contributed by atoms with E-state index < -0.39 is 0 Å². The third-order valence-corrected chi connectivity index (χ3v) is 5.99. The Hall–Kier alpha value is -4.87. The van der Waals surface area contributed by atoms with E-state index in [2.05, 4.69) is 61.3 Å². The number of benzene rings is 4. The molecule has 0 aliphatic heterocycles. The second-order valence-corrected chi connectivity index (χ2v) is 8.88. The van der Waals surface area contributed by atoms with Crippen LogP contribution in [-0.4, -0.2) is 5.87 Å². The predicted molar refractivity (Wildman–Crippen MR) is 161 cm³/mol. The second-order valence-electron chi connectivity index (χ2n) is 8.88. The van der Waals surface area contributed by atoms with E-state index in [9.17, 15) is 0 Å². The first kappa shape index (κ1) is 26.2. The van der Waals surface area contributed by atoms with Crippen LogP contribution in [0.2, 0.25) is 0 Å². The van der Waals surface area contributed by atoms with Gasteiger partial charge in [-0.05, 0) is 103 Å². The fourth-order valence-electron chi connectivity index (χ4n) is 4.03. The Morgan fingerprint density at radius 2 is 1.42 bits per heavy atom. The van der Waals surface area contributed by atoms with Gasteiger partial charge < -0.3 is 4.74 Å². The number of allylic oxidation sites excluding steroid dienone is 5. The molecule has 0 aromatic heterocycles. The van der Waals surface area contributed by atoms with Gasteiger partial charge in [0.1, 0.15) is 11.5 Å². The number of rotatable bonds is 8. The van der Waals surface area contributed by atoms with Gasteiger partial charge in [-0.15, -0.1) is 5.73 Å². The zero-order chi connectivity index (χ0) is 26.7. The number of ether oxygens (including phenoxy) is 1. The molecule has 0 heterocycles. The van der Waals surface area contributed by atoms with E-state index in [1.165, 1.54) is 5.56 Å². The first-order valence-electron chi connectivity index (χ1n) is 12.6. The van der Waals surface area contributed by atoms with Crippen LogP contribution in [0, 0.1) is 6.92 Å². The summed E-state index contributed by atoms with van der Waals surface area (Å²) in [5, 5.41) is 0. The van der Waals surface area contributed by atoms with E-state index in [0.29, 0.717) is 0 Å². The largest absolute Gasteiger partial charge is 0.457 e. The van der Waals surface area contributed by atoms with Gasteiger partial charge in [0.2, 0.25) is 0 Å². The summed E-state index contributed by atoms with van der Waals surface area (Å²) in [6.07, 6.45) is 6.08. The molecule has 4 aromatic carbocycles. The topological polar surface area (TPSA) is 21.6 Å². The van der Waals surface area contributed by atoms with Gasteiger partial charge in [0.25, 0.3) is 0 Å². The Balaban J connectivity index is 1.57. The Morgan fingerprint density at radius 1 is 0.789 bits per heavy atom. The first-order valence-corrected chi connectivity index (χ1v) is 12.6. The monoisotopic (exact) mass is 493 g/mol. The van der Waals surface area contributed by atoms with Crippen molar-refractivity contribution in [3.05, 3.63) is 161 Å². The summed E-state index contributed by atoms with van der Waals surface area (Å²) >= 11 is 0. The van der Waals surface area contributed by atoms with Crippen LogP contribution in [0.1, 0.15) is 36.1 Å². The van der Waals surface area contributed by atoms with Crippen molar-refractivity contribution in [2.75, 3.05) is 0 Å². The SMILES string of the molecule is C=C=C(/C(C)=C/C=C\C)c1ccc(Oc2ccc(C(=C=Nc3cccc(C)c3)c3ccccc3)cc2)cc1. The summed E-state index contributed by atoms with van der Waals surface area (Å²) in [6, 6.07) is 34.3. The standard InChI is InChI=1S/C36H31NO/c1-5-7-13-28(4)35(6-2)30-17-21-33(22-18-30)38-34-23-19-31(20-24-34)36(29-14-9-8-10-15-29)26-37-32-16-11-12-27(3)25-32/h5,7-25H,2H2,1,3-4H3/b7-5-,28-13+. The molecule has 2 heteroatoms. The van der Waals surface area contributed by atoms with E-state index in [4.69, 9.17) is 4.74 Å². The molecule has 0 amide bonds. The van der Waals surface area contributed by atoms with E-state index in [1.807, 2.05) is 104 Å². The summed E-state index contributed by atoms with van der Waals surface area (Å²) in [6.45, 7) is 9.98. The molecule has 0 saturated carbocycles. The molecule has 0 spiro atoms. The van der Waals surface area contributed by atoms with Gasteiger partial charge in [0.05, 0.1) is 11.3 Å². The number of hydrogen-bond acceptors (Lipinski definition) is 2. The highest BCUT2D eigenvalue weighted by molar-refractivity contribution is 5.99. The van der Waals surface area contributed by atoms with Gasteiger partial charge in [-0.3, -0.25) is 0 Å². The van der Waals surface area contributed by atoms with E-state index >= 15 is 0 Å². The molecular weight excluding hydrogens is 462 g/mol. The highest BCUT2D eigenvalue weighted by Crippen LogP contribution is 2.29. The van der Waals surface area contributed by atoms with E-state index in [-0.39, 0.29) is 0 Å². The molecule has 4 aromatic rings. The smallest absolute Gasteiger partial charge is 0.127 e. The van der Waals surface area contributed by atoms with Crippen LogP contribution in [0.3, 0.4) is 0 Å². The summed E-state index contributed by atoms with van der Waals surface area (Å²) in [4.78, 5) is 4.63. The lowest BCUT2D eigenvalue weighted by Crippen LogP contribution is -1.91. The molecule has 0 fully saturated rings. The zero-order valence-corrected chi connectivity index (χ0v) is 22.1. The summed E-state index contributed by atoms with van der Waals surface area (Å²) in [5.41, 5.74) is 11.2. The molecule has 0 bridgehead atoms. The van der Waals surface area contributed by atoms with Crippen LogP contribution in [0.5, 0.6) is 11.5 Å². The minimum atomic E-state index is 0.758. The van der Waals surface area contributed by atoms with Gasteiger partial charge in [-0.25, -0.2) is 4.99 Å². The molecule has 186 valence electrons. The molecule has 0 aliphatic rings.